The molecule has 2 fully saturated rings. The van der Waals surface area contributed by atoms with Crippen LogP contribution in [0.5, 0.6) is 5.75 Å². The molecular weight excluding hydrogens is 707 g/mol. The van der Waals surface area contributed by atoms with E-state index in [1.807, 2.05) is 49.4 Å². The molecule has 47 heavy (non-hydrogen) atoms. The molecule has 10 heteroatoms. The quantitative estimate of drug-likeness (QED) is 0.131. The molecule has 0 radical (unpaired) electrons. The highest BCUT2D eigenvalue weighted by Gasteiger charge is 2.54. The Kier molecular flexibility index (Phi) is 11.0. The van der Waals surface area contributed by atoms with Gasteiger partial charge < -0.3 is 29.2 Å². The fourth-order valence-corrected chi connectivity index (χ4v) is 7.47. The van der Waals surface area contributed by atoms with Crippen LogP contribution >= 0.6 is 22.6 Å². The van der Waals surface area contributed by atoms with Gasteiger partial charge in [-0.2, -0.15) is 0 Å². The van der Waals surface area contributed by atoms with E-state index in [1.165, 1.54) is 0 Å². The lowest BCUT2D eigenvalue weighted by Crippen LogP contribution is -2.42. The fourth-order valence-electron chi connectivity index (χ4n) is 6.36. The van der Waals surface area contributed by atoms with Crippen LogP contribution < -0.4 is 15.6 Å². The summed E-state index contributed by atoms with van der Waals surface area (Å²) in [5.41, 5.74) is 2.95. The number of nitrogens with zero attached hydrogens (tertiary/aromatic N) is 3. The lowest BCUT2D eigenvalue weighted by atomic mass is 9.96. The van der Waals surface area contributed by atoms with Gasteiger partial charge in [-0.05, 0) is 87.5 Å². The number of benzene rings is 2. The van der Waals surface area contributed by atoms with Crippen molar-refractivity contribution in [1.29, 1.82) is 0 Å². The maximum absolute atomic E-state index is 14.4. The molecule has 2 aromatic carbocycles. The van der Waals surface area contributed by atoms with Crippen LogP contribution in [0.25, 0.3) is 0 Å². The van der Waals surface area contributed by atoms with Gasteiger partial charge in [-0.15, -0.1) is 0 Å². The third-order valence-electron chi connectivity index (χ3n) is 9.77. The number of rotatable bonds is 12. The van der Waals surface area contributed by atoms with Crippen molar-refractivity contribution in [2.24, 2.45) is 0 Å². The molecule has 1 N–H and O–H groups in total. The van der Waals surface area contributed by atoms with E-state index in [2.05, 4.69) is 59.8 Å². The number of aromatic nitrogens is 1. The summed E-state index contributed by atoms with van der Waals surface area (Å²) in [4.78, 5) is 45.5. The summed E-state index contributed by atoms with van der Waals surface area (Å²) in [6.45, 7) is 8.30. The van der Waals surface area contributed by atoms with Crippen molar-refractivity contribution in [3.8, 4) is 5.75 Å². The van der Waals surface area contributed by atoms with Gasteiger partial charge in [0.25, 0.3) is 11.5 Å². The second-order valence-electron chi connectivity index (χ2n) is 13.3. The van der Waals surface area contributed by atoms with E-state index in [4.69, 9.17) is 9.47 Å². The molecule has 0 bridgehead atoms. The Morgan fingerprint density at radius 1 is 1.06 bits per heavy atom. The van der Waals surface area contributed by atoms with Crippen LogP contribution in [0, 0.1) is 0 Å². The molecule has 2 unspecified atom stereocenters. The van der Waals surface area contributed by atoms with Gasteiger partial charge in [0.1, 0.15) is 16.3 Å². The maximum atomic E-state index is 14.4. The number of piperidine rings is 1. The lowest BCUT2D eigenvalue weighted by molar-refractivity contribution is -0.145. The monoisotopic (exact) mass is 754 g/mol. The van der Waals surface area contributed by atoms with Crippen LogP contribution in [0.1, 0.15) is 85.5 Å². The van der Waals surface area contributed by atoms with Gasteiger partial charge in [-0.1, -0.05) is 72.8 Å². The van der Waals surface area contributed by atoms with E-state index in [9.17, 15) is 14.4 Å². The minimum atomic E-state index is -0.751. The average Bonchev–Trinajstić information content (AvgIpc) is 3.89. The zero-order valence-corrected chi connectivity index (χ0v) is 30.5. The Hall–Kier alpha value is -3.38. The highest BCUT2D eigenvalue weighted by molar-refractivity contribution is 14.1. The number of carbonyl (C=O) groups excluding carboxylic acids is 2. The van der Waals surface area contributed by atoms with Crippen molar-refractivity contribution in [1.82, 2.24) is 14.4 Å². The summed E-state index contributed by atoms with van der Waals surface area (Å²) in [6.07, 6.45) is 4.80. The second kappa shape index (κ2) is 14.8. The number of likely N-dealkylation sites (tertiary alicyclic amines) is 1. The van der Waals surface area contributed by atoms with Crippen molar-refractivity contribution < 1.29 is 19.1 Å². The molecule has 1 aromatic heterocycles. The van der Waals surface area contributed by atoms with Crippen molar-refractivity contribution in [3.05, 3.63) is 93.4 Å². The van der Waals surface area contributed by atoms with Gasteiger partial charge in [-0.3, -0.25) is 14.4 Å². The molecule has 252 valence electrons. The molecule has 3 aromatic rings. The number of hydrogen-bond acceptors (Lipinski definition) is 7. The standard InChI is InChI=1S/C37H47IN4O5/c1-24(2)29-20-27(12-13-32(29)46-6)25(3)41(5)35(44)30-22-42(33(43)21-31(30)39-28-14-18-40(4)19-15-28)37(16-17-37)34(38)36(45)47-23-26-10-8-7-9-11-26/h7-13,20-22,24-25,28,34,39H,14-19,23H2,1-6H3. The number of amides is 1. The van der Waals surface area contributed by atoms with E-state index in [1.54, 1.807) is 35.9 Å². The molecule has 0 spiro atoms. The van der Waals surface area contributed by atoms with Crippen LogP contribution in [-0.2, 0) is 21.7 Å². The Balaban J connectivity index is 1.46. The fraction of sp³-hybridized carbons (Fsp3) is 0.486. The molecule has 1 saturated carbocycles. The van der Waals surface area contributed by atoms with Crippen LogP contribution in [0.3, 0.4) is 0 Å². The predicted molar refractivity (Wildman–Crippen MR) is 194 cm³/mol. The van der Waals surface area contributed by atoms with Crippen molar-refractivity contribution in [2.75, 3.05) is 39.6 Å². The van der Waals surface area contributed by atoms with E-state index < -0.39 is 9.46 Å². The van der Waals surface area contributed by atoms with Gasteiger partial charge in [-0.25, -0.2) is 0 Å². The van der Waals surface area contributed by atoms with Crippen molar-refractivity contribution in [2.45, 2.75) is 80.5 Å². The number of halogens is 1. The number of anilines is 1. The molecule has 1 saturated heterocycles. The first-order chi connectivity index (χ1) is 22.4. The molecular formula is C37H47IN4O5. The van der Waals surface area contributed by atoms with Gasteiger partial charge in [0.2, 0.25) is 0 Å². The molecule has 1 aliphatic heterocycles. The molecule has 5 rings (SSSR count). The number of ether oxygens (including phenoxy) is 2. The highest BCUT2D eigenvalue weighted by atomic mass is 127. The van der Waals surface area contributed by atoms with Crippen LogP contribution in [0.2, 0.25) is 0 Å². The van der Waals surface area contributed by atoms with Gasteiger partial charge >= 0.3 is 5.97 Å². The van der Waals surface area contributed by atoms with Crippen LogP contribution in [0.4, 0.5) is 5.69 Å². The van der Waals surface area contributed by atoms with Gasteiger partial charge in [0, 0.05) is 25.4 Å². The number of nitrogens with one attached hydrogen (secondary N) is 1. The SMILES string of the molecule is COc1ccc(C(C)N(C)C(=O)c2cn(C3(C(I)C(=O)OCc4ccccc4)CC3)c(=O)cc2NC2CCN(C)CC2)cc1C(C)C. The second-order valence-corrected chi connectivity index (χ2v) is 14.6. The topological polar surface area (TPSA) is 93.1 Å². The number of methoxy groups -OCH3 is 1. The van der Waals surface area contributed by atoms with E-state index >= 15 is 0 Å². The normalized spacial score (nSPS) is 17.5. The first-order valence-electron chi connectivity index (χ1n) is 16.5. The molecule has 1 aliphatic carbocycles. The number of esters is 1. The predicted octanol–water partition coefficient (Wildman–Crippen LogP) is 6.36. The number of alkyl halides is 1. The third-order valence-corrected chi connectivity index (χ3v) is 11.4. The Morgan fingerprint density at radius 3 is 2.36 bits per heavy atom. The summed E-state index contributed by atoms with van der Waals surface area (Å²) < 4.78 is 12.3. The molecule has 2 atom stereocenters. The van der Waals surface area contributed by atoms with Gasteiger partial charge in [0.05, 0.1) is 29.9 Å². The zero-order valence-electron chi connectivity index (χ0n) is 28.3. The van der Waals surface area contributed by atoms with E-state index in [-0.39, 0.29) is 42.0 Å². The summed E-state index contributed by atoms with van der Waals surface area (Å²) >= 11 is 2.11. The first-order valence-corrected chi connectivity index (χ1v) is 17.7. The largest absolute Gasteiger partial charge is 0.496 e. The third kappa shape index (κ3) is 7.69. The smallest absolute Gasteiger partial charge is 0.321 e. The summed E-state index contributed by atoms with van der Waals surface area (Å²) in [5, 5.41) is 3.56. The molecule has 2 aliphatic rings. The van der Waals surface area contributed by atoms with Crippen molar-refractivity contribution in [3.63, 3.8) is 0 Å². The Bertz CT molecular complexity index is 1630. The van der Waals surface area contributed by atoms with Crippen molar-refractivity contribution >= 4 is 40.2 Å². The minimum Gasteiger partial charge on any atom is -0.496 e. The first kappa shape index (κ1) is 34.9. The number of pyridine rings is 1. The van der Waals surface area contributed by atoms with E-state index in [0.29, 0.717) is 24.1 Å². The lowest BCUT2D eigenvalue weighted by Gasteiger charge is -2.32. The molecule has 2 heterocycles. The summed E-state index contributed by atoms with van der Waals surface area (Å²) in [7, 11) is 5.58. The van der Waals surface area contributed by atoms with Crippen LogP contribution in [0.15, 0.2) is 65.6 Å². The maximum Gasteiger partial charge on any atom is 0.321 e. The number of carbonyl (C=O) groups is 2. The molecule has 1 amide bonds. The average molecular weight is 755 g/mol. The highest BCUT2D eigenvalue weighted by Crippen LogP contribution is 2.49. The Labute approximate surface area is 291 Å². The zero-order chi connectivity index (χ0) is 33.9. The number of hydrogen-bond donors (Lipinski definition) is 1. The minimum absolute atomic E-state index is 0.145. The van der Waals surface area contributed by atoms with E-state index in [0.717, 1.165) is 48.4 Å². The molecule has 9 nitrogen and oxygen atoms in total. The summed E-state index contributed by atoms with van der Waals surface area (Å²) in [6, 6.07) is 17.1. The Morgan fingerprint density at radius 2 is 1.74 bits per heavy atom. The van der Waals surface area contributed by atoms with Gasteiger partial charge in [0.15, 0.2) is 0 Å². The summed E-state index contributed by atoms with van der Waals surface area (Å²) in [5.74, 6) is 0.511. The van der Waals surface area contributed by atoms with Crippen LogP contribution in [-0.4, -0.2) is 70.5 Å².